The number of rotatable bonds is 4. The summed E-state index contributed by atoms with van der Waals surface area (Å²) >= 11 is 0. The van der Waals surface area contributed by atoms with E-state index in [0.29, 0.717) is 0 Å². The number of nitrogens with one attached hydrogen (secondary N) is 1. The summed E-state index contributed by atoms with van der Waals surface area (Å²) in [5.41, 5.74) is 7.53. The lowest BCUT2D eigenvalue weighted by Gasteiger charge is -2.26. The topological polar surface area (TPSA) is 55.1 Å². The molecule has 2 atom stereocenters. The zero-order valence-corrected chi connectivity index (χ0v) is 12.0. The lowest BCUT2D eigenvalue weighted by molar-refractivity contribution is -0.126. The maximum Gasteiger partial charge on any atom is 0.223 e. The van der Waals surface area contributed by atoms with E-state index in [1.54, 1.807) is 0 Å². The second-order valence-electron chi connectivity index (χ2n) is 6.49. The first-order chi connectivity index (χ1) is 9.70. The third-order valence-electron chi connectivity index (χ3n) is 4.93. The molecule has 0 aromatic heterocycles. The minimum Gasteiger partial charge on any atom is -0.355 e. The predicted octanol–water partition coefficient (Wildman–Crippen LogP) is 2.35. The van der Waals surface area contributed by atoms with E-state index in [2.05, 4.69) is 29.6 Å². The van der Waals surface area contributed by atoms with Crippen LogP contribution in [0.25, 0.3) is 0 Å². The SMILES string of the molecule is NC1CCCC(C(=O)NCC2(c3ccccc3)CC2)C1. The highest BCUT2D eigenvalue weighted by atomic mass is 16.1. The number of nitrogens with two attached hydrogens (primary N) is 1. The van der Waals surface area contributed by atoms with Gasteiger partial charge in [-0.05, 0) is 37.7 Å². The van der Waals surface area contributed by atoms with Crippen LogP contribution in [0.15, 0.2) is 30.3 Å². The van der Waals surface area contributed by atoms with Crippen molar-refractivity contribution in [1.29, 1.82) is 0 Å². The van der Waals surface area contributed by atoms with E-state index in [-0.39, 0.29) is 23.3 Å². The van der Waals surface area contributed by atoms with Gasteiger partial charge in [-0.1, -0.05) is 36.8 Å². The first-order valence-electron chi connectivity index (χ1n) is 7.78. The van der Waals surface area contributed by atoms with Gasteiger partial charge >= 0.3 is 0 Å². The fraction of sp³-hybridized carbons (Fsp3) is 0.588. The molecule has 20 heavy (non-hydrogen) atoms. The first kappa shape index (κ1) is 13.6. The van der Waals surface area contributed by atoms with Crippen molar-refractivity contribution >= 4 is 5.91 Å². The fourth-order valence-electron chi connectivity index (χ4n) is 3.38. The first-order valence-corrected chi connectivity index (χ1v) is 7.78. The van der Waals surface area contributed by atoms with Crippen molar-refractivity contribution in [3.63, 3.8) is 0 Å². The van der Waals surface area contributed by atoms with Crippen LogP contribution in [0.4, 0.5) is 0 Å². The van der Waals surface area contributed by atoms with E-state index < -0.39 is 0 Å². The van der Waals surface area contributed by atoms with Gasteiger partial charge in [0.05, 0.1) is 0 Å². The zero-order chi connectivity index (χ0) is 14.0. The van der Waals surface area contributed by atoms with E-state index in [1.807, 2.05) is 6.07 Å². The molecule has 2 unspecified atom stereocenters. The van der Waals surface area contributed by atoms with Crippen molar-refractivity contribution in [2.45, 2.75) is 50.0 Å². The van der Waals surface area contributed by atoms with Crippen molar-refractivity contribution in [2.75, 3.05) is 6.54 Å². The molecule has 3 heteroatoms. The van der Waals surface area contributed by atoms with Crippen LogP contribution in [0.5, 0.6) is 0 Å². The maximum atomic E-state index is 12.3. The summed E-state index contributed by atoms with van der Waals surface area (Å²) in [6, 6.07) is 10.8. The van der Waals surface area contributed by atoms with Crippen LogP contribution in [0.1, 0.15) is 44.1 Å². The Balaban J connectivity index is 1.56. The molecular weight excluding hydrogens is 248 g/mol. The van der Waals surface area contributed by atoms with Gasteiger partial charge in [-0.15, -0.1) is 0 Å². The van der Waals surface area contributed by atoms with Crippen molar-refractivity contribution in [3.8, 4) is 0 Å². The Kier molecular flexibility index (Phi) is 3.79. The molecule has 0 aliphatic heterocycles. The molecule has 2 fully saturated rings. The summed E-state index contributed by atoms with van der Waals surface area (Å²) in [6.45, 7) is 0.779. The van der Waals surface area contributed by atoms with Gasteiger partial charge < -0.3 is 11.1 Å². The molecule has 1 aromatic carbocycles. The van der Waals surface area contributed by atoms with Crippen LogP contribution < -0.4 is 11.1 Å². The van der Waals surface area contributed by atoms with Gasteiger partial charge in [-0.2, -0.15) is 0 Å². The third kappa shape index (κ3) is 2.88. The van der Waals surface area contributed by atoms with Gasteiger partial charge in [0.1, 0.15) is 0 Å². The number of carbonyl (C=O) groups excluding carboxylic acids is 1. The number of hydrogen-bond donors (Lipinski definition) is 2. The Bertz CT molecular complexity index is 467. The minimum atomic E-state index is 0.130. The Morgan fingerprint density at radius 2 is 2.00 bits per heavy atom. The van der Waals surface area contributed by atoms with Gasteiger partial charge in [-0.25, -0.2) is 0 Å². The Hall–Kier alpha value is -1.35. The molecule has 3 rings (SSSR count). The average Bonchev–Trinajstić information content (AvgIpc) is 3.27. The van der Waals surface area contributed by atoms with Crippen LogP contribution in [0.2, 0.25) is 0 Å². The predicted molar refractivity (Wildman–Crippen MR) is 80.3 cm³/mol. The number of hydrogen-bond acceptors (Lipinski definition) is 2. The van der Waals surface area contributed by atoms with E-state index in [1.165, 1.54) is 18.4 Å². The summed E-state index contributed by atoms with van der Waals surface area (Å²) in [4.78, 5) is 12.3. The Morgan fingerprint density at radius 1 is 1.25 bits per heavy atom. The van der Waals surface area contributed by atoms with Crippen LogP contribution in [0.3, 0.4) is 0 Å². The smallest absolute Gasteiger partial charge is 0.223 e. The second kappa shape index (κ2) is 5.57. The van der Waals surface area contributed by atoms with Crippen LogP contribution in [-0.2, 0) is 10.2 Å². The molecule has 2 aliphatic rings. The fourth-order valence-corrected chi connectivity index (χ4v) is 3.38. The summed E-state index contributed by atoms with van der Waals surface area (Å²) in [6.07, 6.45) is 6.37. The van der Waals surface area contributed by atoms with Crippen LogP contribution in [-0.4, -0.2) is 18.5 Å². The van der Waals surface area contributed by atoms with E-state index in [0.717, 1.165) is 32.2 Å². The van der Waals surface area contributed by atoms with Gasteiger partial charge in [0.15, 0.2) is 0 Å². The molecule has 2 saturated carbocycles. The van der Waals surface area contributed by atoms with E-state index >= 15 is 0 Å². The average molecular weight is 272 g/mol. The molecular formula is C17H24N2O. The molecule has 0 saturated heterocycles. The molecule has 108 valence electrons. The van der Waals surface area contributed by atoms with E-state index in [9.17, 15) is 4.79 Å². The normalized spacial score (nSPS) is 27.9. The standard InChI is InChI=1S/C17H24N2O/c18-15-8-4-5-13(11-15)16(20)19-12-17(9-10-17)14-6-2-1-3-7-14/h1-3,6-7,13,15H,4-5,8-12,18H2,(H,19,20). The summed E-state index contributed by atoms with van der Waals surface area (Å²) < 4.78 is 0. The largest absolute Gasteiger partial charge is 0.355 e. The summed E-state index contributed by atoms with van der Waals surface area (Å²) in [7, 11) is 0. The van der Waals surface area contributed by atoms with Gasteiger partial charge in [0.2, 0.25) is 5.91 Å². The molecule has 0 spiro atoms. The Morgan fingerprint density at radius 3 is 2.65 bits per heavy atom. The van der Waals surface area contributed by atoms with Crippen molar-refractivity contribution in [1.82, 2.24) is 5.32 Å². The molecule has 2 aliphatic carbocycles. The number of carbonyl (C=O) groups is 1. The van der Waals surface area contributed by atoms with Crippen molar-refractivity contribution in [2.24, 2.45) is 11.7 Å². The highest BCUT2D eigenvalue weighted by Crippen LogP contribution is 2.47. The van der Waals surface area contributed by atoms with Gasteiger partial charge in [-0.3, -0.25) is 4.79 Å². The van der Waals surface area contributed by atoms with Gasteiger partial charge in [0, 0.05) is 23.9 Å². The molecule has 0 bridgehead atoms. The number of benzene rings is 1. The lowest BCUT2D eigenvalue weighted by atomic mass is 9.85. The highest BCUT2D eigenvalue weighted by molar-refractivity contribution is 5.79. The third-order valence-corrected chi connectivity index (χ3v) is 4.93. The molecule has 0 heterocycles. The second-order valence-corrected chi connectivity index (χ2v) is 6.49. The van der Waals surface area contributed by atoms with Crippen molar-refractivity contribution < 1.29 is 4.79 Å². The minimum absolute atomic E-state index is 0.130. The summed E-state index contributed by atoms with van der Waals surface area (Å²) in [5, 5.41) is 3.18. The monoisotopic (exact) mass is 272 g/mol. The summed E-state index contributed by atoms with van der Waals surface area (Å²) in [5.74, 6) is 0.340. The number of amides is 1. The highest BCUT2D eigenvalue weighted by Gasteiger charge is 2.44. The molecule has 0 radical (unpaired) electrons. The quantitative estimate of drug-likeness (QED) is 0.884. The van der Waals surface area contributed by atoms with Crippen molar-refractivity contribution in [3.05, 3.63) is 35.9 Å². The maximum absolute atomic E-state index is 12.3. The molecule has 3 nitrogen and oxygen atoms in total. The molecule has 1 amide bonds. The lowest BCUT2D eigenvalue weighted by Crippen LogP contribution is -2.40. The van der Waals surface area contributed by atoms with Crippen LogP contribution in [0, 0.1) is 5.92 Å². The molecule has 3 N–H and O–H groups in total. The molecule has 1 aromatic rings. The zero-order valence-electron chi connectivity index (χ0n) is 12.0. The van der Waals surface area contributed by atoms with E-state index in [4.69, 9.17) is 5.73 Å². The van der Waals surface area contributed by atoms with Crippen LogP contribution >= 0.6 is 0 Å². The Labute approximate surface area is 120 Å². The van der Waals surface area contributed by atoms with Gasteiger partial charge in [0.25, 0.3) is 0 Å².